The Morgan fingerprint density at radius 2 is 1.44 bits per heavy atom. The van der Waals surface area contributed by atoms with Crippen molar-refractivity contribution in [3.63, 3.8) is 0 Å². The number of nitrogens with zero attached hydrogens (tertiary/aromatic N) is 1. The van der Waals surface area contributed by atoms with Crippen molar-refractivity contribution in [1.29, 1.82) is 0 Å². The number of carboxylic acids is 1. The van der Waals surface area contributed by atoms with E-state index in [1.807, 2.05) is 0 Å². The maximum atomic E-state index is 14.9. The minimum absolute atomic E-state index is 0.0771. The van der Waals surface area contributed by atoms with Crippen LogP contribution in [0.1, 0.15) is 107 Å². The summed E-state index contributed by atoms with van der Waals surface area (Å²) in [6.07, 6.45) is 5.16. The lowest BCUT2D eigenvalue weighted by molar-refractivity contribution is -0.156. The Balaban J connectivity index is 1.29. The number of carbonyl (C=O) groups excluding carboxylic acids is 7. The van der Waals surface area contributed by atoms with E-state index in [1.165, 1.54) is 43.4 Å². The molecule has 2 saturated carbocycles. The second kappa shape index (κ2) is 23.2. The van der Waals surface area contributed by atoms with E-state index in [0.717, 1.165) is 37.0 Å². The molecule has 3 fully saturated rings. The lowest BCUT2D eigenvalue weighted by atomic mass is 9.86. The fourth-order valence-electron chi connectivity index (χ4n) is 9.89. The molecule has 1 spiro atoms. The first kappa shape index (κ1) is 52.4. The predicted octanol–water partition coefficient (Wildman–Crippen LogP) is 3.96. The summed E-state index contributed by atoms with van der Waals surface area (Å²) in [7, 11) is 1.38. The number of phenolic OH excluding ortho intramolecular Hbond substituents is 2. The molecule has 4 aromatic rings. The Bertz CT molecular complexity index is 2630. The van der Waals surface area contributed by atoms with Crippen LogP contribution < -0.4 is 26.6 Å². The summed E-state index contributed by atoms with van der Waals surface area (Å²) in [6, 6.07) is 11.4. The molecule has 8 atom stereocenters. The van der Waals surface area contributed by atoms with Crippen molar-refractivity contribution in [2.75, 3.05) is 7.05 Å². The Hall–Kier alpha value is -7.44. The number of cyclic esters (lactones) is 1. The van der Waals surface area contributed by atoms with Crippen molar-refractivity contribution in [1.82, 2.24) is 36.5 Å². The number of nitrogens with one attached hydrogen (secondary N) is 6. The monoisotopic (exact) mass is 991 g/mol. The zero-order valence-corrected chi connectivity index (χ0v) is 40.8. The van der Waals surface area contributed by atoms with Crippen LogP contribution in [-0.2, 0) is 55.9 Å². The van der Waals surface area contributed by atoms with Crippen LogP contribution in [0.5, 0.6) is 11.5 Å². The summed E-state index contributed by atoms with van der Waals surface area (Å²) in [5, 5.41) is 44.6. The highest BCUT2D eigenvalue weighted by Gasteiger charge is 2.61. The average molecular weight is 992 g/mol. The maximum absolute atomic E-state index is 14.9. The number of H-pyrrole nitrogens is 1. The molecule has 6 amide bonds. The third kappa shape index (κ3) is 13.1. The van der Waals surface area contributed by atoms with Crippen molar-refractivity contribution in [2.45, 2.75) is 139 Å². The van der Waals surface area contributed by atoms with E-state index < -0.39 is 108 Å². The number of aromatic nitrogens is 1. The largest absolute Gasteiger partial charge is 0.508 e. The Morgan fingerprint density at radius 3 is 2.12 bits per heavy atom. The number of esters is 1. The number of aromatic hydroxyl groups is 2. The molecule has 1 saturated heterocycles. The molecule has 2 aliphatic carbocycles. The number of benzene rings is 3. The normalized spacial score (nSPS) is 26.2. The van der Waals surface area contributed by atoms with Gasteiger partial charge in [-0.15, -0.1) is 0 Å². The fraction of sp³-hybridized carbons (Fsp3) is 0.472. The highest BCUT2D eigenvalue weighted by Crippen LogP contribution is 2.45. The molecule has 2 heterocycles. The molecule has 7 rings (SSSR count). The van der Waals surface area contributed by atoms with Gasteiger partial charge in [0.1, 0.15) is 53.4 Å². The molecule has 9 N–H and O–H groups in total. The van der Waals surface area contributed by atoms with Gasteiger partial charge in [-0.2, -0.15) is 0 Å². The van der Waals surface area contributed by atoms with Crippen molar-refractivity contribution < 1.29 is 58.4 Å². The van der Waals surface area contributed by atoms with Crippen LogP contribution in [0.2, 0.25) is 0 Å². The van der Waals surface area contributed by atoms with Gasteiger partial charge in [-0.3, -0.25) is 33.6 Å². The molecule has 0 radical (unpaired) electrons. The van der Waals surface area contributed by atoms with Crippen LogP contribution in [0.3, 0.4) is 0 Å². The molecule has 19 heteroatoms. The summed E-state index contributed by atoms with van der Waals surface area (Å²) >= 11 is 0. The number of likely N-dealkylation sites (N-methyl/N-ethyl adjacent to an activating group) is 1. The van der Waals surface area contributed by atoms with Gasteiger partial charge in [-0.05, 0) is 85.0 Å². The number of carboxylic acid groups (broad SMARTS) is 1. The minimum Gasteiger partial charge on any atom is -0.508 e. The van der Waals surface area contributed by atoms with Gasteiger partial charge < -0.3 is 56.5 Å². The maximum Gasteiger partial charge on any atom is 0.332 e. The van der Waals surface area contributed by atoms with E-state index in [1.54, 1.807) is 56.4 Å². The number of carbonyl (C=O) groups is 8. The third-order valence-corrected chi connectivity index (χ3v) is 14.3. The second-order valence-electron chi connectivity index (χ2n) is 19.7. The SMILES string of the molecule is CC1CC(NC(=O)CCC2CCCCC2)C(=O)N(C)C(Cc2ccccc2)C(=O)NC(CCC(=O)O)C(=O)NC(Cc2c[nH]c3ccc(O)cc23)C(=O)NC(c2ccc(O)cc2)C(=O)NC2(CC2C)C(=O)O1. The average Bonchev–Trinajstić information content (AvgIpc) is 3.85. The topological polar surface area (TPSA) is 286 Å². The van der Waals surface area contributed by atoms with Gasteiger partial charge in [-0.1, -0.05) is 81.5 Å². The van der Waals surface area contributed by atoms with E-state index in [4.69, 9.17) is 4.74 Å². The van der Waals surface area contributed by atoms with E-state index in [2.05, 4.69) is 31.6 Å². The lowest BCUT2D eigenvalue weighted by Crippen LogP contribution is -2.60. The van der Waals surface area contributed by atoms with E-state index in [-0.39, 0.29) is 49.2 Å². The molecule has 72 heavy (non-hydrogen) atoms. The van der Waals surface area contributed by atoms with Crippen molar-refractivity contribution in [2.24, 2.45) is 11.8 Å². The number of ether oxygens (including phenoxy) is 1. The van der Waals surface area contributed by atoms with Gasteiger partial charge in [0.25, 0.3) is 0 Å². The summed E-state index contributed by atoms with van der Waals surface area (Å²) in [5.74, 6) is -7.07. The number of fused-ring (bicyclic) bond motifs is 1. The third-order valence-electron chi connectivity index (χ3n) is 14.3. The number of phenols is 2. The number of hydrogen-bond donors (Lipinski definition) is 9. The first-order valence-corrected chi connectivity index (χ1v) is 24.7. The van der Waals surface area contributed by atoms with Crippen molar-refractivity contribution >= 4 is 58.3 Å². The lowest BCUT2D eigenvalue weighted by Gasteiger charge is -2.33. The number of rotatable bonds is 12. The number of hydrogen-bond acceptors (Lipinski definition) is 11. The first-order chi connectivity index (χ1) is 34.4. The van der Waals surface area contributed by atoms with E-state index >= 15 is 0 Å². The van der Waals surface area contributed by atoms with Gasteiger partial charge in [0.05, 0.1) is 0 Å². The molecular weight excluding hydrogens is 927 g/mol. The molecule has 3 aromatic carbocycles. The van der Waals surface area contributed by atoms with Gasteiger partial charge in [-0.25, -0.2) is 4.79 Å². The summed E-state index contributed by atoms with van der Waals surface area (Å²) in [4.78, 5) is 118. The van der Waals surface area contributed by atoms with Crippen LogP contribution in [0.4, 0.5) is 0 Å². The highest BCUT2D eigenvalue weighted by atomic mass is 16.5. The molecular formula is C53H65N7O12. The summed E-state index contributed by atoms with van der Waals surface area (Å²) in [6.45, 7) is 3.28. The Kier molecular flexibility index (Phi) is 16.9. The van der Waals surface area contributed by atoms with Gasteiger partial charge >= 0.3 is 11.9 Å². The molecule has 0 bridgehead atoms. The molecule has 384 valence electrons. The van der Waals surface area contributed by atoms with E-state index in [0.29, 0.717) is 34.4 Å². The predicted molar refractivity (Wildman–Crippen MR) is 263 cm³/mol. The van der Waals surface area contributed by atoms with Crippen molar-refractivity contribution in [3.8, 4) is 11.5 Å². The van der Waals surface area contributed by atoms with Crippen LogP contribution in [0, 0.1) is 11.8 Å². The van der Waals surface area contributed by atoms with Gasteiger partial charge in [0.15, 0.2) is 0 Å². The highest BCUT2D eigenvalue weighted by molar-refractivity contribution is 5.99. The number of amides is 6. The number of aromatic amines is 1. The molecule has 1 aromatic heterocycles. The fourth-order valence-corrected chi connectivity index (χ4v) is 9.89. The Morgan fingerprint density at radius 1 is 0.778 bits per heavy atom. The van der Waals surface area contributed by atoms with Crippen LogP contribution >= 0.6 is 0 Å². The molecule has 3 aliphatic rings. The molecule has 19 nitrogen and oxygen atoms in total. The Labute approximate surface area is 417 Å². The zero-order chi connectivity index (χ0) is 51.7. The van der Waals surface area contributed by atoms with E-state index in [9.17, 15) is 53.7 Å². The first-order valence-electron chi connectivity index (χ1n) is 24.7. The van der Waals surface area contributed by atoms with Crippen LogP contribution in [-0.4, -0.2) is 115 Å². The standard InChI is InChI=1S/C53H65N7O12/c1-30-28-53(30)52(71)72-31(2)24-42(55-44(63)22-14-32-10-6-4-7-11-32)51(70)60(3)43(25-33-12-8-5-9-13-33)49(68)56-40(21-23-45(64)65)47(66)57-41(26-35-29-54-39-20-19-37(62)27-38(35)39)48(67)58-46(50(69)59-53)34-15-17-36(61)18-16-34/h5,8-9,12-13,15-20,27,29-32,40-43,46,54,61-62H,4,6-7,10-11,14,21-26,28H2,1-3H3,(H,55,63)(H,56,68)(H,57,66)(H,58,67)(H,59,69)(H,64,65). The molecule has 1 aliphatic heterocycles. The van der Waals surface area contributed by atoms with Crippen LogP contribution in [0.25, 0.3) is 10.9 Å². The van der Waals surface area contributed by atoms with Gasteiger partial charge in [0, 0.05) is 56.3 Å². The second-order valence-corrected chi connectivity index (χ2v) is 19.7. The minimum atomic E-state index is -1.59. The quantitative estimate of drug-likeness (QED) is 0.0913. The zero-order valence-electron chi connectivity index (χ0n) is 40.8. The van der Waals surface area contributed by atoms with Crippen LogP contribution in [0.15, 0.2) is 79.0 Å². The number of aliphatic carboxylic acids is 1. The van der Waals surface area contributed by atoms with Gasteiger partial charge in [0.2, 0.25) is 35.4 Å². The summed E-state index contributed by atoms with van der Waals surface area (Å²) in [5.41, 5.74) is 0.289. The smallest absolute Gasteiger partial charge is 0.332 e. The van der Waals surface area contributed by atoms with Crippen molar-refractivity contribution in [3.05, 3.63) is 95.7 Å². The molecule has 8 unspecified atom stereocenters. The summed E-state index contributed by atoms with van der Waals surface area (Å²) < 4.78 is 6.00.